The molecule has 1 amide bonds. The third kappa shape index (κ3) is 3.89. The quantitative estimate of drug-likeness (QED) is 0.777. The van der Waals surface area contributed by atoms with Gasteiger partial charge in [-0.1, -0.05) is 49.7 Å². The molecule has 1 aliphatic rings. The molecule has 2 N–H and O–H groups in total. The van der Waals surface area contributed by atoms with Crippen molar-refractivity contribution in [3.63, 3.8) is 0 Å². The summed E-state index contributed by atoms with van der Waals surface area (Å²) < 4.78 is 29.8. The van der Waals surface area contributed by atoms with Gasteiger partial charge in [0.15, 0.2) is 11.6 Å². The van der Waals surface area contributed by atoms with E-state index in [4.69, 9.17) is 11.6 Å². The monoisotopic (exact) mass is 395 g/mol. The van der Waals surface area contributed by atoms with Gasteiger partial charge in [0.1, 0.15) is 0 Å². The maximum Gasteiger partial charge on any atom is 0.387 e. The van der Waals surface area contributed by atoms with Crippen molar-refractivity contribution in [2.75, 3.05) is 18.4 Å². The number of carbonyl (C=O) groups is 1. The molecule has 2 aromatic rings. The van der Waals surface area contributed by atoms with Crippen molar-refractivity contribution in [2.24, 2.45) is 0 Å². The average molecular weight is 396 g/mol. The molecular weight excluding hydrogens is 376 g/mol. The molecule has 0 bridgehead atoms. The number of amides is 1. The van der Waals surface area contributed by atoms with Crippen molar-refractivity contribution in [2.45, 2.75) is 31.8 Å². The lowest BCUT2D eigenvalue weighted by molar-refractivity contribution is -0.123. The van der Waals surface area contributed by atoms with E-state index in [0.29, 0.717) is 13.1 Å². The van der Waals surface area contributed by atoms with Crippen LogP contribution in [0.5, 0.6) is 5.75 Å². The van der Waals surface area contributed by atoms with Crippen LogP contribution in [0.4, 0.5) is 14.6 Å². The molecule has 1 fully saturated rings. The van der Waals surface area contributed by atoms with Gasteiger partial charge < -0.3 is 15.4 Å². The molecule has 0 unspecified atom stereocenters. The molecule has 144 valence electrons. The number of hydrogen-bond donors (Lipinski definition) is 2. The number of aromatic nitrogens is 1. The van der Waals surface area contributed by atoms with Crippen LogP contribution in [-0.4, -0.2) is 30.6 Å². The van der Waals surface area contributed by atoms with E-state index < -0.39 is 12.0 Å². The highest BCUT2D eigenvalue weighted by atomic mass is 35.5. The second-order valence-electron chi connectivity index (χ2n) is 6.76. The molecule has 1 aromatic heterocycles. The van der Waals surface area contributed by atoms with E-state index in [9.17, 15) is 13.6 Å². The predicted molar refractivity (Wildman–Crippen MR) is 99.6 cm³/mol. The third-order valence-electron chi connectivity index (χ3n) is 4.65. The molecule has 1 aliphatic heterocycles. The Morgan fingerprint density at radius 3 is 2.63 bits per heavy atom. The van der Waals surface area contributed by atoms with E-state index in [-0.39, 0.29) is 28.4 Å². The van der Waals surface area contributed by atoms with Crippen LogP contribution in [0.2, 0.25) is 5.02 Å². The number of hydrogen-bond acceptors (Lipinski definition) is 4. The van der Waals surface area contributed by atoms with E-state index in [1.54, 1.807) is 0 Å². The van der Waals surface area contributed by atoms with Crippen LogP contribution in [0.3, 0.4) is 0 Å². The Bertz CT molecular complexity index is 841. The number of pyridine rings is 1. The first kappa shape index (κ1) is 19.5. The normalized spacial score (nSPS) is 15.5. The minimum atomic E-state index is -3.05. The summed E-state index contributed by atoms with van der Waals surface area (Å²) >= 11 is 5.81. The van der Waals surface area contributed by atoms with Gasteiger partial charge in [-0.15, -0.1) is 0 Å². The smallest absolute Gasteiger partial charge is 0.387 e. The van der Waals surface area contributed by atoms with Crippen LogP contribution in [-0.2, 0) is 10.2 Å². The van der Waals surface area contributed by atoms with Gasteiger partial charge in [0.25, 0.3) is 0 Å². The maximum absolute atomic E-state index is 13.1. The topological polar surface area (TPSA) is 63.2 Å². The number of carbonyl (C=O) groups excluding carboxylic acids is 1. The zero-order chi connectivity index (χ0) is 19.6. The van der Waals surface area contributed by atoms with Crippen LogP contribution in [0.1, 0.15) is 30.9 Å². The lowest BCUT2D eigenvalue weighted by Crippen LogP contribution is -2.63. The van der Waals surface area contributed by atoms with Gasteiger partial charge in [-0.2, -0.15) is 8.78 Å². The van der Waals surface area contributed by atoms with E-state index in [0.717, 1.165) is 11.1 Å². The number of anilines is 1. The lowest BCUT2D eigenvalue weighted by Gasteiger charge is -2.43. The molecular formula is C19H20ClF2N3O2. The van der Waals surface area contributed by atoms with E-state index >= 15 is 0 Å². The second-order valence-corrected chi connectivity index (χ2v) is 7.20. The highest BCUT2D eigenvalue weighted by Crippen LogP contribution is 2.36. The zero-order valence-corrected chi connectivity index (χ0v) is 15.7. The fourth-order valence-electron chi connectivity index (χ4n) is 3.21. The minimum Gasteiger partial charge on any atom is -0.431 e. The number of rotatable bonds is 6. The Kier molecular flexibility index (Phi) is 5.62. The number of ether oxygens (including phenoxy) is 1. The first-order valence-electron chi connectivity index (χ1n) is 8.55. The summed E-state index contributed by atoms with van der Waals surface area (Å²) in [4.78, 5) is 17.1. The van der Waals surface area contributed by atoms with Crippen molar-refractivity contribution < 1.29 is 18.3 Å². The highest BCUT2D eigenvalue weighted by Gasteiger charge is 2.47. The van der Waals surface area contributed by atoms with E-state index in [2.05, 4.69) is 34.2 Å². The van der Waals surface area contributed by atoms with Gasteiger partial charge in [0.05, 0.1) is 10.4 Å². The standard InChI is InChI=1S/C19H20ClF2N3O2/c1-11(2)13-5-3-4-6-14(13)19(9-23-10-19)17(26)25-16-15(27-18(21)22)7-12(20)8-24-16/h3-8,11,18,23H,9-10H2,1-2H3,(H,24,25,26). The Hall–Kier alpha value is -2.25. The molecule has 0 aliphatic carbocycles. The van der Waals surface area contributed by atoms with Crippen molar-refractivity contribution in [1.29, 1.82) is 0 Å². The van der Waals surface area contributed by atoms with Gasteiger partial charge in [-0.3, -0.25) is 4.79 Å². The first-order valence-corrected chi connectivity index (χ1v) is 8.93. The molecule has 1 aromatic carbocycles. The molecule has 8 heteroatoms. The van der Waals surface area contributed by atoms with Crippen molar-refractivity contribution in [1.82, 2.24) is 10.3 Å². The van der Waals surface area contributed by atoms with Gasteiger partial charge in [-0.05, 0) is 17.0 Å². The summed E-state index contributed by atoms with van der Waals surface area (Å²) in [5.74, 6) is -0.454. The molecule has 0 atom stereocenters. The predicted octanol–water partition coefficient (Wildman–Crippen LogP) is 3.94. The summed E-state index contributed by atoms with van der Waals surface area (Å²) in [6.07, 6.45) is 1.27. The SMILES string of the molecule is CC(C)c1ccccc1C1(C(=O)Nc2ncc(Cl)cc2OC(F)F)CNC1. The largest absolute Gasteiger partial charge is 0.431 e. The van der Waals surface area contributed by atoms with Crippen molar-refractivity contribution in [3.05, 3.63) is 52.7 Å². The van der Waals surface area contributed by atoms with Gasteiger partial charge >= 0.3 is 6.61 Å². The van der Waals surface area contributed by atoms with Crippen LogP contribution in [0.25, 0.3) is 0 Å². The van der Waals surface area contributed by atoms with Crippen molar-refractivity contribution >= 4 is 23.3 Å². The fourth-order valence-corrected chi connectivity index (χ4v) is 3.36. The summed E-state index contributed by atoms with van der Waals surface area (Å²) in [7, 11) is 0. The minimum absolute atomic E-state index is 0.0852. The first-order chi connectivity index (χ1) is 12.8. The molecule has 5 nitrogen and oxygen atoms in total. The molecule has 1 saturated heterocycles. The number of benzene rings is 1. The summed E-state index contributed by atoms with van der Waals surface area (Å²) in [5, 5.41) is 5.91. The van der Waals surface area contributed by atoms with E-state index in [1.807, 2.05) is 24.3 Å². The van der Waals surface area contributed by atoms with Crippen molar-refractivity contribution in [3.8, 4) is 5.75 Å². The number of nitrogens with one attached hydrogen (secondary N) is 2. The number of halogens is 3. The summed E-state index contributed by atoms with van der Waals surface area (Å²) in [6.45, 7) is 1.96. The van der Waals surface area contributed by atoms with E-state index in [1.165, 1.54) is 12.3 Å². The molecule has 3 rings (SSSR count). The number of nitrogens with zero attached hydrogens (tertiary/aromatic N) is 1. The third-order valence-corrected chi connectivity index (χ3v) is 4.86. The highest BCUT2D eigenvalue weighted by molar-refractivity contribution is 6.30. The second kappa shape index (κ2) is 7.78. The summed E-state index contributed by atoms with van der Waals surface area (Å²) in [5.41, 5.74) is 1.19. The van der Waals surface area contributed by atoms with Gasteiger partial charge in [0.2, 0.25) is 5.91 Å². The fraction of sp³-hybridized carbons (Fsp3) is 0.368. The molecule has 27 heavy (non-hydrogen) atoms. The Labute approximate surface area is 161 Å². The molecule has 0 spiro atoms. The van der Waals surface area contributed by atoms with Crippen LogP contribution in [0.15, 0.2) is 36.5 Å². The Morgan fingerprint density at radius 1 is 1.33 bits per heavy atom. The Morgan fingerprint density at radius 2 is 2.04 bits per heavy atom. The molecule has 0 saturated carbocycles. The summed E-state index contributed by atoms with van der Waals surface area (Å²) in [6, 6.07) is 8.96. The molecule has 2 heterocycles. The van der Waals surface area contributed by atoms with Crippen LogP contribution < -0.4 is 15.4 Å². The average Bonchev–Trinajstić information content (AvgIpc) is 2.56. The number of alkyl halides is 2. The lowest BCUT2D eigenvalue weighted by atomic mass is 9.71. The Balaban J connectivity index is 1.94. The van der Waals surface area contributed by atoms with Crippen LogP contribution in [0, 0.1) is 0 Å². The molecule has 0 radical (unpaired) electrons. The zero-order valence-electron chi connectivity index (χ0n) is 14.9. The van der Waals surface area contributed by atoms with Crippen LogP contribution >= 0.6 is 11.6 Å². The van der Waals surface area contributed by atoms with Gasteiger partial charge in [-0.25, -0.2) is 4.98 Å². The maximum atomic E-state index is 13.1. The van der Waals surface area contributed by atoms with Gasteiger partial charge in [0, 0.05) is 25.4 Å².